The molecule has 0 saturated carbocycles. The molecular formula is C14H18F3OS. The Labute approximate surface area is 116 Å². The van der Waals surface area contributed by atoms with Crippen LogP contribution in [0.3, 0.4) is 0 Å². The lowest BCUT2D eigenvalue weighted by Gasteiger charge is -2.14. The molecular weight excluding hydrogens is 273 g/mol. The molecule has 0 amide bonds. The molecule has 1 atom stereocenters. The summed E-state index contributed by atoms with van der Waals surface area (Å²) in [5.41, 5.74) is 0.00953. The first-order valence-electron chi connectivity index (χ1n) is 6.14. The number of alkyl halides is 3. The highest BCUT2D eigenvalue weighted by Crippen LogP contribution is 2.31. The van der Waals surface area contributed by atoms with Crippen molar-refractivity contribution in [2.75, 3.05) is 18.1 Å². The van der Waals surface area contributed by atoms with Gasteiger partial charge in [-0.3, -0.25) is 0 Å². The molecule has 1 aromatic carbocycles. The normalized spacial score (nSPS) is 13.5. The number of benzene rings is 1. The van der Waals surface area contributed by atoms with Crippen LogP contribution in [0, 0.1) is 6.92 Å². The molecule has 19 heavy (non-hydrogen) atoms. The zero-order valence-corrected chi connectivity index (χ0v) is 11.4. The largest absolute Gasteiger partial charge is 0.416 e. The summed E-state index contributed by atoms with van der Waals surface area (Å²) in [5, 5.41) is 8.62. The Bertz CT molecular complexity index is 379. The van der Waals surface area contributed by atoms with Crippen LogP contribution in [-0.2, 0) is 6.18 Å². The predicted octanol–water partition coefficient (Wildman–Crippen LogP) is 4.13. The van der Waals surface area contributed by atoms with Gasteiger partial charge in [0.05, 0.1) is 12.2 Å². The number of thioether (sulfide) groups is 1. The predicted molar refractivity (Wildman–Crippen MR) is 73.2 cm³/mol. The first-order valence-corrected chi connectivity index (χ1v) is 7.29. The molecule has 0 heterocycles. The monoisotopic (exact) mass is 291 g/mol. The second-order valence-electron chi connectivity index (χ2n) is 4.30. The summed E-state index contributed by atoms with van der Waals surface area (Å²) < 4.78 is 37.7. The van der Waals surface area contributed by atoms with Crippen molar-refractivity contribution in [1.29, 1.82) is 0 Å². The number of halogens is 3. The van der Waals surface area contributed by atoms with Gasteiger partial charge in [0, 0.05) is 5.75 Å². The summed E-state index contributed by atoms with van der Waals surface area (Å²) in [6.07, 6.45) is -2.67. The van der Waals surface area contributed by atoms with Crippen LogP contribution in [-0.4, -0.2) is 23.2 Å². The standard InChI is InChI=1S/C14H18F3OS/c1-11(4-3-8-19-9-7-18)12-5-2-6-13(10-12)14(15,16)17/h2,5-6,10-11,18H,1,3-4,7-9H2. The summed E-state index contributed by atoms with van der Waals surface area (Å²) in [5.74, 6) is 1.47. The molecule has 0 fully saturated rings. The van der Waals surface area contributed by atoms with Gasteiger partial charge in [-0.2, -0.15) is 24.9 Å². The van der Waals surface area contributed by atoms with E-state index in [1.54, 1.807) is 17.8 Å². The Morgan fingerprint density at radius 1 is 1.26 bits per heavy atom. The Balaban J connectivity index is 2.50. The maximum atomic E-state index is 12.6. The molecule has 0 spiro atoms. The van der Waals surface area contributed by atoms with E-state index in [0.29, 0.717) is 11.3 Å². The van der Waals surface area contributed by atoms with Crippen molar-refractivity contribution in [3.63, 3.8) is 0 Å². The highest BCUT2D eigenvalue weighted by molar-refractivity contribution is 7.99. The van der Waals surface area contributed by atoms with Crippen molar-refractivity contribution in [2.24, 2.45) is 0 Å². The van der Waals surface area contributed by atoms with Gasteiger partial charge in [0.2, 0.25) is 0 Å². The van der Waals surface area contributed by atoms with Crippen LogP contribution in [0.1, 0.15) is 29.9 Å². The average Bonchev–Trinajstić information content (AvgIpc) is 2.37. The van der Waals surface area contributed by atoms with E-state index in [-0.39, 0.29) is 12.5 Å². The van der Waals surface area contributed by atoms with E-state index >= 15 is 0 Å². The van der Waals surface area contributed by atoms with Gasteiger partial charge in [0.25, 0.3) is 0 Å². The van der Waals surface area contributed by atoms with Crippen molar-refractivity contribution in [2.45, 2.75) is 24.9 Å². The number of hydrogen-bond donors (Lipinski definition) is 1. The smallest absolute Gasteiger partial charge is 0.396 e. The van der Waals surface area contributed by atoms with Crippen LogP contribution in [0.4, 0.5) is 13.2 Å². The van der Waals surface area contributed by atoms with Crippen molar-refractivity contribution in [3.8, 4) is 0 Å². The lowest BCUT2D eigenvalue weighted by atomic mass is 9.95. The molecule has 1 aromatic rings. The third-order valence-electron chi connectivity index (χ3n) is 2.76. The lowest BCUT2D eigenvalue weighted by molar-refractivity contribution is -0.137. The zero-order chi connectivity index (χ0) is 14.3. The summed E-state index contributed by atoms with van der Waals surface area (Å²) in [7, 11) is 0. The molecule has 1 radical (unpaired) electrons. The molecule has 0 aromatic heterocycles. The van der Waals surface area contributed by atoms with Crippen LogP contribution in [0.5, 0.6) is 0 Å². The molecule has 1 N–H and O–H groups in total. The van der Waals surface area contributed by atoms with Crippen LogP contribution in [0.2, 0.25) is 0 Å². The molecule has 107 valence electrons. The van der Waals surface area contributed by atoms with E-state index in [0.717, 1.165) is 24.7 Å². The van der Waals surface area contributed by atoms with Crippen molar-refractivity contribution < 1.29 is 18.3 Å². The Morgan fingerprint density at radius 2 is 2.00 bits per heavy atom. The number of rotatable bonds is 7. The second-order valence-corrected chi connectivity index (χ2v) is 5.52. The minimum Gasteiger partial charge on any atom is -0.396 e. The van der Waals surface area contributed by atoms with E-state index < -0.39 is 11.7 Å². The Morgan fingerprint density at radius 3 is 2.63 bits per heavy atom. The zero-order valence-electron chi connectivity index (χ0n) is 10.6. The summed E-state index contributed by atoms with van der Waals surface area (Å²) in [4.78, 5) is 0. The van der Waals surface area contributed by atoms with E-state index in [1.165, 1.54) is 12.1 Å². The van der Waals surface area contributed by atoms with E-state index in [4.69, 9.17) is 5.11 Å². The van der Waals surface area contributed by atoms with Crippen LogP contribution in [0.15, 0.2) is 24.3 Å². The molecule has 0 aliphatic rings. The third kappa shape index (κ3) is 5.87. The van der Waals surface area contributed by atoms with Gasteiger partial charge < -0.3 is 5.11 Å². The minimum atomic E-state index is -4.30. The molecule has 5 heteroatoms. The van der Waals surface area contributed by atoms with Gasteiger partial charge in [-0.1, -0.05) is 18.2 Å². The highest BCUT2D eigenvalue weighted by atomic mass is 32.2. The van der Waals surface area contributed by atoms with Crippen molar-refractivity contribution >= 4 is 11.8 Å². The van der Waals surface area contributed by atoms with Gasteiger partial charge in [-0.15, -0.1) is 0 Å². The topological polar surface area (TPSA) is 20.2 Å². The molecule has 0 bridgehead atoms. The van der Waals surface area contributed by atoms with E-state index in [2.05, 4.69) is 6.92 Å². The van der Waals surface area contributed by atoms with Gasteiger partial charge in [0.1, 0.15) is 0 Å². The highest BCUT2D eigenvalue weighted by Gasteiger charge is 2.30. The van der Waals surface area contributed by atoms with Gasteiger partial charge >= 0.3 is 6.18 Å². The average molecular weight is 291 g/mol. The molecule has 1 nitrogen and oxygen atoms in total. The maximum Gasteiger partial charge on any atom is 0.416 e. The number of hydrogen-bond acceptors (Lipinski definition) is 2. The molecule has 0 saturated heterocycles. The fraction of sp³-hybridized carbons (Fsp3) is 0.500. The van der Waals surface area contributed by atoms with Gasteiger partial charge in [-0.05, 0) is 43.1 Å². The fourth-order valence-electron chi connectivity index (χ4n) is 1.73. The Kier molecular flexibility index (Phi) is 6.72. The Hall–Kier alpha value is -0.680. The van der Waals surface area contributed by atoms with Crippen LogP contribution < -0.4 is 0 Å². The summed E-state index contributed by atoms with van der Waals surface area (Å²) >= 11 is 1.64. The minimum absolute atomic E-state index is 0.128. The third-order valence-corrected chi connectivity index (χ3v) is 3.81. The SMILES string of the molecule is [CH2]C(CCCSCCO)c1cccc(C(F)(F)F)c1. The van der Waals surface area contributed by atoms with Gasteiger partial charge in [-0.25, -0.2) is 0 Å². The first-order chi connectivity index (χ1) is 8.95. The van der Waals surface area contributed by atoms with E-state index in [9.17, 15) is 13.2 Å². The van der Waals surface area contributed by atoms with Crippen molar-refractivity contribution in [3.05, 3.63) is 42.3 Å². The first kappa shape index (κ1) is 16.4. The summed E-state index contributed by atoms with van der Waals surface area (Å²) in [6.45, 7) is 4.08. The second kappa shape index (κ2) is 7.80. The number of aliphatic hydroxyl groups is 1. The fourth-order valence-corrected chi connectivity index (χ4v) is 2.44. The molecule has 1 rings (SSSR count). The van der Waals surface area contributed by atoms with Crippen LogP contribution >= 0.6 is 11.8 Å². The summed E-state index contributed by atoms with van der Waals surface area (Å²) in [6, 6.07) is 5.37. The van der Waals surface area contributed by atoms with E-state index in [1.807, 2.05) is 0 Å². The van der Waals surface area contributed by atoms with Crippen molar-refractivity contribution in [1.82, 2.24) is 0 Å². The van der Waals surface area contributed by atoms with Gasteiger partial charge in [0.15, 0.2) is 0 Å². The molecule has 1 unspecified atom stereocenters. The lowest BCUT2D eigenvalue weighted by Crippen LogP contribution is -2.06. The quantitative estimate of drug-likeness (QED) is 0.762. The molecule has 0 aliphatic carbocycles. The van der Waals surface area contributed by atoms with Crippen LogP contribution in [0.25, 0.3) is 0 Å². The number of aliphatic hydroxyl groups excluding tert-OH is 1. The molecule has 0 aliphatic heterocycles. The maximum absolute atomic E-state index is 12.6.